The van der Waals surface area contributed by atoms with Gasteiger partial charge in [-0.05, 0) is 31.0 Å². The molecular formula is C16H19ClN2O. The standard InChI is InChI=1S/C16H19ClN2O/c1-18-14-8-6-7-13(17)12(14)11-15(18)16(20)19-9-4-2-3-5-10-19/h6-8,11H,2-5,9-10H2,1H3. The van der Waals surface area contributed by atoms with Crippen LogP contribution in [0.15, 0.2) is 24.3 Å². The second-order valence-corrected chi connectivity index (χ2v) is 5.87. The molecule has 0 unspecified atom stereocenters. The number of aryl methyl sites for hydroxylation is 1. The number of aromatic nitrogens is 1. The molecule has 4 heteroatoms. The van der Waals surface area contributed by atoms with Crippen molar-refractivity contribution in [1.82, 2.24) is 9.47 Å². The molecular weight excluding hydrogens is 272 g/mol. The fraction of sp³-hybridized carbons (Fsp3) is 0.438. The summed E-state index contributed by atoms with van der Waals surface area (Å²) in [5, 5.41) is 1.66. The highest BCUT2D eigenvalue weighted by molar-refractivity contribution is 6.35. The molecule has 3 rings (SSSR count). The zero-order valence-corrected chi connectivity index (χ0v) is 12.5. The normalized spacial score (nSPS) is 16.4. The molecule has 2 heterocycles. The van der Waals surface area contributed by atoms with Gasteiger partial charge in [-0.3, -0.25) is 4.79 Å². The van der Waals surface area contributed by atoms with Gasteiger partial charge in [0, 0.05) is 36.1 Å². The van der Waals surface area contributed by atoms with Crippen LogP contribution < -0.4 is 0 Å². The van der Waals surface area contributed by atoms with E-state index in [1.165, 1.54) is 12.8 Å². The number of rotatable bonds is 1. The van der Waals surface area contributed by atoms with Crippen molar-refractivity contribution in [1.29, 1.82) is 0 Å². The van der Waals surface area contributed by atoms with E-state index in [4.69, 9.17) is 11.6 Å². The zero-order chi connectivity index (χ0) is 14.1. The van der Waals surface area contributed by atoms with E-state index in [0.29, 0.717) is 5.02 Å². The first-order valence-corrected chi connectivity index (χ1v) is 7.59. The number of amides is 1. The number of carbonyl (C=O) groups excluding carboxylic acids is 1. The molecule has 0 atom stereocenters. The minimum Gasteiger partial charge on any atom is -0.340 e. The lowest BCUT2D eigenvalue weighted by Gasteiger charge is -2.20. The molecule has 1 aliphatic heterocycles. The number of carbonyl (C=O) groups is 1. The van der Waals surface area contributed by atoms with Crippen molar-refractivity contribution in [3.63, 3.8) is 0 Å². The van der Waals surface area contributed by atoms with E-state index in [0.717, 1.165) is 42.5 Å². The number of fused-ring (bicyclic) bond motifs is 1. The van der Waals surface area contributed by atoms with E-state index in [9.17, 15) is 4.79 Å². The van der Waals surface area contributed by atoms with Crippen LogP contribution in [0, 0.1) is 0 Å². The van der Waals surface area contributed by atoms with Gasteiger partial charge in [-0.25, -0.2) is 0 Å². The van der Waals surface area contributed by atoms with Crippen LogP contribution in [0.1, 0.15) is 36.2 Å². The summed E-state index contributed by atoms with van der Waals surface area (Å²) >= 11 is 6.22. The molecule has 0 radical (unpaired) electrons. The maximum atomic E-state index is 12.7. The van der Waals surface area contributed by atoms with Crippen molar-refractivity contribution >= 4 is 28.4 Å². The Balaban J connectivity index is 1.99. The highest BCUT2D eigenvalue weighted by atomic mass is 35.5. The Bertz CT molecular complexity index is 639. The molecule has 1 fully saturated rings. The first-order valence-electron chi connectivity index (χ1n) is 7.21. The molecule has 0 N–H and O–H groups in total. The van der Waals surface area contributed by atoms with Crippen molar-refractivity contribution in [2.24, 2.45) is 7.05 Å². The maximum Gasteiger partial charge on any atom is 0.270 e. The van der Waals surface area contributed by atoms with Crippen LogP contribution in [-0.2, 0) is 7.05 Å². The van der Waals surface area contributed by atoms with Gasteiger partial charge in [-0.1, -0.05) is 30.5 Å². The summed E-state index contributed by atoms with van der Waals surface area (Å²) in [5.74, 6) is 0.127. The summed E-state index contributed by atoms with van der Waals surface area (Å²) < 4.78 is 1.95. The van der Waals surface area contributed by atoms with Crippen LogP contribution >= 0.6 is 11.6 Å². The molecule has 1 amide bonds. The van der Waals surface area contributed by atoms with E-state index < -0.39 is 0 Å². The molecule has 1 aliphatic rings. The summed E-state index contributed by atoms with van der Waals surface area (Å²) in [4.78, 5) is 14.7. The Kier molecular flexibility index (Phi) is 3.70. The second-order valence-electron chi connectivity index (χ2n) is 5.47. The molecule has 0 bridgehead atoms. The number of nitrogens with zero attached hydrogens (tertiary/aromatic N) is 2. The summed E-state index contributed by atoms with van der Waals surface area (Å²) in [7, 11) is 1.93. The molecule has 1 saturated heterocycles. The summed E-state index contributed by atoms with van der Waals surface area (Å²) in [6.45, 7) is 1.74. The Morgan fingerprint density at radius 2 is 1.85 bits per heavy atom. The summed E-state index contributed by atoms with van der Waals surface area (Å²) in [6, 6.07) is 7.71. The van der Waals surface area contributed by atoms with Crippen LogP contribution in [0.5, 0.6) is 0 Å². The molecule has 106 valence electrons. The largest absolute Gasteiger partial charge is 0.340 e. The van der Waals surface area contributed by atoms with Crippen LogP contribution in [-0.4, -0.2) is 28.5 Å². The van der Waals surface area contributed by atoms with E-state index in [1.807, 2.05) is 40.8 Å². The average molecular weight is 291 g/mol. The average Bonchev–Trinajstić information content (AvgIpc) is 2.66. The number of halogens is 1. The van der Waals surface area contributed by atoms with Gasteiger partial charge in [0.15, 0.2) is 0 Å². The molecule has 0 spiro atoms. The molecule has 2 aromatic rings. The lowest BCUT2D eigenvalue weighted by Crippen LogP contribution is -2.33. The van der Waals surface area contributed by atoms with Gasteiger partial charge in [-0.2, -0.15) is 0 Å². The van der Waals surface area contributed by atoms with Gasteiger partial charge in [-0.15, -0.1) is 0 Å². The monoisotopic (exact) mass is 290 g/mol. The molecule has 0 saturated carbocycles. The lowest BCUT2D eigenvalue weighted by molar-refractivity contribution is 0.0752. The van der Waals surface area contributed by atoms with Gasteiger partial charge in [0.2, 0.25) is 0 Å². The van der Waals surface area contributed by atoms with Gasteiger partial charge in [0.05, 0.1) is 0 Å². The molecule has 20 heavy (non-hydrogen) atoms. The Labute approximate surface area is 124 Å². The Hall–Kier alpha value is -1.48. The van der Waals surface area contributed by atoms with Crippen molar-refractivity contribution in [3.05, 3.63) is 35.0 Å². The fourth-order valence-electron chi connectivity index (χ4n) is 2.97. The van der Waals surface area contributed by atoms with Crippen molar-refractivity contribution in [3.8, 4) is 0 Å². The first kappa shape index (κ1) is 13.5. The van der Waals surface area contributed by atoms with Gasteiger partial charge >= 0.3 is 0 Å². The Morgan fingerprint density at radius 3 is 2.50 bits per heavy atom. The fourth-order valence-corrected chi connectivity index (χ4v) is 3.19. The van der Waals surface area contributed by atoms with Gasteiger partial charge in [0.1, 0.15) is 5.69 Å². The quantitative estimate of drug-likeness (QED) is 0.783. The lowest BCUT2D eigenvalue weighted by atomic mass is 10.2. The minimum absolute atomic E-state index is 0.127. The molecule has 3 nitrogen and oxygen atoms in total. The third-order valence-corrected chi connectivity index (χ3v) is 4.48. The highest BCUT2D eigenvalue weighted by Crippen LogP contribution is 2.27. The van der Waals surface area contributed by atoms with Crippen molar-refractivity contribution in [2.75, 3.05) is 13.1 Å². The van der Waals surface area contributed by atoms with Crippen molar-refractivity contribution in [2.45, 2.75) is 25.7 Å². The van der Waals surface area contributed by atoms with Gasteiger partial charge < -0.3 is 9.47 Å². The molecule has 1 aromatic heterocycles. The number of hydrogen-bond acceptors (Lipinski definition) is 1. The van der Waals surface area contributed by atoms with Crippen LogP contribution in [0.3, 0.4) is 0 Å². The predicted molar refractivity (Wildman–Crippen MR) is 82.3 cm³/mol. The SMILES string of the molecule is Cn1c(C(=O)N2CCCCCC2)cc2c(Cl)cccc21. The number of hydrogen-bond donors (Lipinski definition) is 0. The van der Waals surface area contributed by atoms with Crippen LogP contribution in [0.25, 0.3) is 10.9 Å². The van der Waals surface area contributed by atoms with E-state index in [-0.39, 0.29) is 5.91 Å². The summed E-state index contributed by atoms with van der Waals surface area (Å²) in [6.07, 6.45) is 4.67. The predicted octanol–water partition coefficient (Wildman–Crippen LogP) is 3.85. The van der Waals surface area contributed by atoms with Crippen LogP contribution in [0.4, 0.5) is 0 Å². The second kappa shape index (κ2) is 5.49. The number of benzene rings is 1. The van der Waals surface area contributed by atoms with E-state index >= 15 is 0 Å². The number of likely N-dealkylation sites (tertiary alicyclic amines) is 1. The smallest absolute Gasteiger partial charge is 0.270 e. The molecule has 1 aromatic carbocycles. The van der Waals surface area contributed by atoms with E-state index in [1.54, 1.807) is 0 Å². The maximum absolute atomic E-state index is 12.7. The summed E-state index contributed by atoms with van der Waals surface area (Å²) in [5.41, 5.74) is 1.74. The topological polar surface area (TPSA) is 25.2 Å². The van der Waals surface area contributed by atoms with Gasteiger partial charge in [0.25, 0.3) is 5.91 Å². The Morgan fingerprint density at radius 1 is 1.15 bits per heavy atom. The third kappa shape index (κ3) is 2.31. The highest BCUT2D eigenvalue weighted by Gasteiger charge is 2.21. The zero-order valence-electron chi connectivity index (χ0n) is 11.7. The first-order chi connectivity index (χ1) is 9.68. The third-order valence-electron chi connectivity index (χ3n) is 4.15. The van der Waals surface area contributed by atoms with E-state index in [2.05, 4.69) is 0 Å². The molecule has 0 aliphatic carbocycles. The van der Waals surface area contributed by atoms with Crippen LogP contribution in [0.2, 0.25) is 5.02 Å². The van der Waals surface area contributed by atoms with Crippen molar-refractivity contribution < 1.29 is 4.79 Å². The minimum atomic E-state index is 0.127.